The summed E-state index contributed by atoms with van der Waals surface area (Å²) < 4.78 is 1.87. The molecule has 1 aromatic heterocycles. The van der Waals surface area contributed by atoms with Crippen LogP contribution in [0.4, 0.5) is 0 Å². The van der Waals surface area contributed by atoms with Crippen molar-refractivity contribution in [1.29, 1.82) is 0 Å². The van der Waals surface area contributed by atoms with E-state index in [0.717, 1.165) is 39.3 Å². The molecule has 0 spiro atoms. The fourth-order valence-corrected chi connectivity index (χ4v) is 1.87. The van der Waals surface area contributed by atoms with Crippen molar-refractivity contribution in [3.05, 3.63) is 12.7 Å². The fourth-order valence-electron chi connectivity index (χ4n) is 1.87. The summed E-state index contributed by atoms with van der Waals surface area (Å²) in [6.07, 6.45) is 3.34. The number of piperazine rings is 1. The largest absolute Gasteiger partial charge is 0.304 e. The Morgan fingerprint density at radius 1 is 1.25 bits per heavy atom. The second-order valence-electron chi connectivity index (χ2n) is 4.30. The Bertz CT molecular complexity index is 290. The molecule has 0 unspecified atom stereocenters. The van der Waals surface area contributed by atoms with Crippen LogP contribution in [0.5, 0.6) is 0 Å². The monoisotopic (exact) mass is 224 g/mol. The van der Waals surface area contributed by atoms with Gasteiger partial charge in [-0.1, -0.05) is 0 Å². The van der Waals surface area contributed by atoms with Gasteiger partial charge in [-0.25, -0.2) is 15.0 Å². The van der Waals surface area contributed by atoms with Gasteiger partial charge >= 0.3 is 0 Å². The van der Waals surface area contributed by atoms with Crippen LogP contribution in [0.15, 0.2) is 12.7 Å². The third-order valence-electron chi connectivity index (χ3n) is 3.08. The fraction of sp³-hybridized carbons (Fsp3) is 0.800. The second-order valence-corrected chi connectivity index (χ2v) is 4.30. The predicted molar refractivity (Wildman–Crippen MR) is 61.7 cm³/mol. The topological polar surface area (TPSA) is 40.4 Å². The Hall–Kier alpha value is -0.980. The van der Waals surface area contributed by atoms with Gasteiger partial charge in [-0.2, -0.15) is 5.10 Å². The van der Waals surface area contributed by atoms with Gasteiger partial charge in [0.05, 0.1) is 6.54 Å². The van der Waals surface area contributed by atoms with E-state index in [1.54, 1.807) is 12.7 Å². The number of nitrogens with zero attached hydrogens (tertiary/aromatic N) is 6. The minimum absolute atomic E-state index is 0.892. The zero-order chi connectivity index (χ0) is 11.4. The maximum absolute atomic E-state index is 4.10. The standard InChI is InChI=1S/C10H20N6/c1-13-3-7-16(8-4-13)14(2)5-6-15-10-11-9-12-15/h9-10H,3-8H2,1-2H3. The number of rotatable bonds is 4. The van der Waals surface area contributed by atoms with Gasteiger partial charge < -0.3 is 4.90 Å². The van der Waals surface area contributed by atoms with E-state index in [1.807, 2.05) is 4.68 Å². The molecule has 0 aromatic carbocycles. The van der Waals surface area contributed by atoms with Crippen LogP contribution in [0.1, 0.15) is 0 Å². The molecule has 0 radical (unpaired) electrons. The highest BCUT2D eigenvalue weighted by molar-refractivity contribution is 4.67. The lowest BCUT2D eigenvalue weighted by molar-refractivity contribution is -0.0356. The van der Waals surface area contributed by atoms with E-state index in [0.29, 0.717) is 0 Å². The summed E-state index contributed by atoms with van der Waals surface area (Å²) >= 11 is 0. The van der Waals surface area contributed by atoms with Crippen molar-refractivity contribution < 1.29 is 0 Å². The molecule has 0 amide bonds. The minimum Gasteiger partial charge on any atom is -0.304 e. The Kier molecular flexibility index (Phi) is 3.87. The van der Waals surface area contributed by atoms with Crippen LogP contribution in [0.2, 0.25) is 0 Å². The van der Waals surface area contributed by atoms with Crippen molar-refractivity contribution in [3.8, 4) is 0 Å². The zero-order valence-electron chi connectivity index (χ0n) is 10.1. The lowest BCUT2D eigenvalue weighted by Gasteiger charge is -2.38. The van der Waals surface area contributed by atoms with E-state index in [-0.39, 0.29) is 0 Å². The molecule has 0 bridgehead atoms. The van der Waals surface area contributed by atoms with Gasteiger partial charge in [0.25, 0.3) is 0 Å². The molecule has 1 saturated heterocycles. The predicted octanol–water partition coefficient (Wildman–Crippen LogP) is -0.628. The molecule has 2 heterocycles. The molecule has 0 N–H and O–H groups in total. The van der Waals surface area contributed by atoms with Gasteiger partial charge in [0.2, 0.25) is 0 Å². The smallest absolute Gasteiger partial charge is 0.137 e. The first-order valence-corrected chi connectivity index (χ1v) is 5.72. The highest BCUT2D eigenvalue weighted by Crippen LogP contribution is 2.02. The van der Waals surface area contributed by atoms with E-state index in [1.165, 1.54) is 0 Å². The summed E-state index contributed by atoms with van der Waals surface area (Å²) in [5, 5.41) is 8.78. The van der Waals surface area contributed by atoms with Crippen LogP contribution in [-0.4, -0.2) is 76.5 Å². The van der Waals surface area contributed by atoms with Gasteiger partial charge in [0.15, 0.2) is 0 Å². The molecule has 2 rings (SSSR count). The van der Waals surface area contributed by atoms with E-state index in [2.05, 4.69) is 39.1 Å². The molecule has 0 atom stereocenters. The number of hydrogen-bond donors (Lipinski definition) is 0. The van der Waals surface area contributed by atoms with E-state index >= 15 is 0 Å². The van der Waals surface area contributed by atoms with E-state index < -0.39 is 0 Å². The first-order valence-electron chi connectivity index (χ1n) is 5.72. The first-order chi connectivity index (χ1) is 7.75. The molecule has 1 aromatic rings. The number of hydrazine groups is 1. The van der Waals surface area contributed by atoms with Crippen molar-refractivity contribution in [1.82, 2.24) is 29.7 Å². The molecular weight excluding hydrogens is 204 g/mol. The summed E-state index contributed by atoms with van der Waals surface area (Å²) in [6.45, 7) is 6.39. The molecule has 1 aliphatic rings. The summed E-state index contributed by atoms with van der Waals surface area (Å²) in [6, 6.07) is 0. The minimum atomic E-state index is 0.892. The van der Waals surface area contributed by atoms with Gasteiger partial charge in [0, 0.05) is 39.8 Å². The van der Waals surface area contributed by atoms with Crippen LogP contribution < -0.4 is 0 Å². The van der Waals surface area contributed by atoms with Crippen molar-refractivity contribution in [3.63, 3.8) is 0 Å². The van der Waals surface area contributed by atoms with Crippen molar-refractivity contribution in [2.75, 3.05) is 46.8 Å². The third-order valence-corrected chi connectivity index (χ3v) is 3.08. The van der Waals surface area contributed by atoms with E-state index in [4.69, 9.17) is 0 Å². The lowest BCUT2D eigenvalue weighted by Crippen LogP contribution is -2.52. The van der Waals surface area contributed by atoms with Crippen LogP contribution in [0.25, 0.3) is 0 Å². The number of likely N-dealkylation sites (N-methyl/N-ethyl adjacent to an activating group) is 2. The maximum atomic E-state index is 4.10. The van der Waals surface area contributed by atoms with Crippen molar-refractivity contribution in [2.45, 2.75) is 6.54 Å². The Balaban J connectivity index is 1.73. The highest BCUT2D eigenvalue weighted by atomic mass is 15.6. The summed E-state index contributed by atoms with van der Waals surface area (Å²) in [7, 11) is 4.31. The maximum Gasteiger partial charge on any atom is 0.137 e. The lowest BCUT2D eigenvalue weighted by atomic mass is 10.4. The molecule has 0 aliphatic carbocycles. The highest BCUT2D eigenvalue weighted by Gasteiger charge is 2.16. The molecule has 1 aliphatic heterocycles. The van der Waals surface area contributed by atoms with Crippen LogP contribution in [0.3, 0.4) is 0 Å². The average molecular weight is 224 g/mol. The molecule has 1 fully saturated rings. The summed E-state index contributed by atoms with van der Waals surface area (Å²) in [5.41, 5.74) is 0. The number of hydrogen-bond acceptors (Lipinski definition) is 5. The first kappa shape index (κ1) is 11.5. The summed E-state index contributed by atoms with van der Waals surface area (Å²) in [5.74, 6) is 0. The van der Waals surface area contributed by atoms with Gasteiger partial charge in [-0.3, -0.25) is 4.68 Å². The zero-order valence-corrected chi connectivity index (χ0v) is 10.1. The Morgan fingerprint density at radius 3 is 2.62 bits per heavy atom. The van der Waals surface area contributed by atoms with Gasteiger partial charge in [-0.05, 0) is 7.05 Å². The average Bonchev–Trinajstić information content (AvgIpc) is 2.80. The quantitative estimate of drug-likeness (QED) is 0.681. The number of aromatic nitrogens is 3. The van der Waals surface area contributed by atoms with Crippen LogP contribution in [0, 0.1) is 0 Å². The van der Waals surface area contributed by atoms with Crippen molar-refractivity contribution >= 4 is 0 Å². The van der Waals surface area contributed by atoms with Crippen LogP contribution in [-0.2, 0) is 6.54 Å². The molecule has 0 saturated carbocycles. The molecule has 6 heteroatoms. The summed E-state index contributed by atoms with van der Waals surface area (Å²) in [4.78, 5) is 6.30. The Morgan fingerprint density at radius 2 is 2.00 bits per heavy atom. The molecular formula is C10H20N6. The Labute approximate surface area is 96.4 Å². The van der Waals surface area contributed by atoms with E-state index in [9.17, 15) is 0 Å². The third kappa shape index (κ3) is 3.01. The molecule has 16 heavy (non-hydrogen) atoms. The van der Waals surface area contributed by atoms with Gasteiger partial charge in [0.1, 0.15) is 12.7 Å². The SMILES string of the molecule is CN1CCN(N(C)CCn2cncn2)CC1. The van der Waals surface area contributed by atoms with Crippen LogP contribution >= 0.6 is 0 Å². The molecule has 90 valence electrons. The van der Waals surface area contributed by atoms with Crippen molar-refractivity contribution in [2.24, 2.45) is 0 Å². The normalized spacial score (nSPS) is 19.4. The molecule has 6 nitrogen and oxygen atoms in total. The second kappa shape index (κ2) is 5.38. The van der Waals surface area contributed by atoms with Gasteiger partial charge in [-0.15, -0.1) is 0 Å².